The van der Waals surface area contributed by atoms with Crippen LogP contribution >= 0.6 is 0 Å². The topological polar surface area (TPSA) is 71.9 Å². The lowest BCUT2D eigenvalue weighted by Gasteiger charge is -2.17. The second kappa shape index (κ2) is 4.08. The van der Waals surface area contributed by atoms with Crippen LogP contribution in [-0.2, 0) is 11.3 Å². The van der Waals surface area contributed by atoms with E-state index in [1.54, 1.807) is 27.7 Å². The lowest BCUT2D eigenvalue weighted by Crippen LogP contribution is -2.35. The molecular weight excluding hydrogens is 208 g/mol. The molecule has 88 valence electrons. The Labute approximate surface area is 93.1 Å². The fraction of sp³-hybridized carbons (Fsp3) is 0.545. The summed E-state index contributed by atoms with van der Waals surface area (Å²) in [6, 6.07) is 0. The molecule has 0 saturated carbocycles. The van der Waals surface area contributed by atoms with Crippen molar-refractivity contribution in [3.05, 3.63) is 32.6 Å². The zero-order chi connectivity index (χ0) is 12.5. The van der Waals surface area contributed by atoms with Gasteiger partial charge in [0.05, 0.1) is 6.54 Å². The highest BCUT2D eigenvalue weighted by Crippen LogP contribution is 2.14. The number of nitrogens with one attached hydrogen (secondary N) is 1. The monoisotopic (exact) mass is 224 g/mol. The quantitative estimate of drug-likeness (QED) is 0.793. The molecule has 5 nitrogen and oxygen atoms in total. The average molecular weight is 224 g/mol. The Morgan fingerprint density at radius 3 is 2.44 bits per heavy atom. The van der Waals surface area contributed by atoms with Crippen molar-refractivity contribution < 1.29 is 4.79 Å². The summed E-state index contributed by atoms with van der Waals surface area (Å²) in [5.74, 6) is -0.0546. The minimum atomic E-state index is -0.548. The van der Waals surface area contributed by atoms with Crippen LogP contribution in [0.15, 0.2) is 15.8 Å². The zero-order valence-corrected chi connectivity index (χ0v) is 9.96. The second-order valence-corrected chi connectivity index (χ2v) is 4.87. The SMILES string of the molecule is Cc1cn(CC(=O)C(C)(C)C)c(=O)[nH]c1=O. The van der Waals surface area contributed by atoms with Crippen LogP contribution in [0.5, 0.6) is 0 Å². The first-order valence-corrected chi connectivity index (χ1v) is 5.05. The average Bonchev–Trinajstić information content (AvgIpc) is 2.12. The van der Waals surface area contributed by atoms with Crippen molar-refractivity contribution in [3.63, 3.8) is 0 Å². The van der Waals surface area contributed by atoms with E-state index in [0.717, 1.165) is 0 Å². The zero-order valence-electron chi connectivity index (χ0n) is 9.96. The maximum atomic E-state index is 11.7. The van der Waals surface area contributed by atoms with Gasteiger partial charge in [0.15, 0.2) is 5.78 Å². The van der Waals surface area contributed by atoms with Gasteiger partial charge in [0.25, 0.3) is 5.56 Å². The number of nitrogens with zero attached hydrogens (tertiary/aromatic N) is 1. The minimum absolute atomic E-state index is 0.0139. The molecule has 0 bridgehead atoms. The third kappa shape index (κ3) is 2.68. The number of aromatic nitrogens is 2. The fourth-order valence-electron chi connectivity index (χ4n) is 1.13. The highest BCUT2D eigenvalue weighted by molar-refractivity contribution is 5.83. The van der Waals surface area contributed by atoms with Crippen LogP contribution in [0.1, 0.15) is 26.3 Å². The maximum Gasteiger partial charge on any atom is 0.328 e. The molecule has 0 aliphatic rings. The molecule has 1 N–H and O–H groups in total. The van der Waals surface area contributed by atoms with E-state index in [1.807, 2.05) is 0 Å². The third-order valence-electron chi connectivity index (χ3n) is 2.34. The van der Waals surface area contributed by atoms with Gasteiger partial charge in [0.2, 0.25) is 0 Å². The molecule has 1 aromatic heterocycles. The van der Waals surface area contributed by atoms with Crippen LogP contribution in [0.4, 0.5) is 0 Å². The van der Waals surface area contributed by atoms with Crippen molar-refractivity contribution in [2.45, 2.75) is 34.2 Å². The largest absolute Gasteiger partial charge is 0.328 e. The Bertz CT molecular complexity index is 517. The van der Waals surface area contributed by atoms with E-state index < -0.39 is 16.7 Å². The Morgan fingerprint density at radius 2 is 1.94 bits per heavy atom. The van der Waals surface area contributed by atoms with Gasteiger partial charge in [-0.3, -0.25) is 19.1 Å². The Balaban J connectivity index is 3.09. The smallest absolute Gasteiger partial charge is 0.297 e. The minimum Gasteiger partial charge on any atom is -0.297 e. The number of rotatable bonds is 2. The summed E-state index contributed by atoms with van der Waals surface area (Å²) in [4.78, 5) is 36.4. The predicted octanol–water partition coefficient (Wildman–Crippen LogP) is 0.460. The van der Waals surface area contributed by atoms with E-state index in [1.165, 1.54) is 10.8 Å². The molecule has 0 amide bonds. The Kier molecular flexibility index (Phi) is 3.16. The number of carbonyl (C=O) groups is 1. The maximum absolute atomic E-state index is 11.7. The van der Waals surface area contributed by atoms with Crippen LogP contribution in [0.3, 0.4) is 0 Å². The first-order valence-electron chi connectivity index (χ1n) is 5.05. The van der Waals surface area contributed by atoms with E-state index in [-0.39, 0.29) is 12.3 Å². The van der Waals surface area contributed by atoms with Gasteiger partial charge in [-0.2, -0.15) is 0 Å². The molecule has 1 heterocycles. The molecule has 0 aromatic carbocycles. The van der Waals surface area contributed by atoms with Gasteiger partial charge in [-0.05, 0) is 6.92 Å². The third-order valence-corrected chi connectivity index (χ3v) is 2.34. The van der Waals surface area contributed by atoms with Gasteiger partial charge in [0.1, 0.15) is 0 Å². The van der Waals surface area contributed by atoms with Gasteiger partial charge in [-0.25, -0.2) is 4.79 Å². The molecule has 0 saturated heterocycles. The normalized spacial score (nSPS) is 11.5. The van der Waals surface area contributed by atoms with Gasteiger partial charge in [-0.15, -0.1) is 0 Å². The molecule has 0 unspecified atom stereocenters. The van der Waals surface area contributed by atoms with Crippen molar-refractivity contribution in [2.24, 2.45) is 5.41 Å². The summed E-state index contributed by atoms with van der Waals surface area (Å²) in [5, 5.41) is 0. The predicted molar refractivity (Wildman–Crippen MR) is 60.5 cm³/mol. The number of ketones is 1. The van der Waals surface area contributed by atoms with Crippen LogP contribution in [-0.4, -0.2) is 15.3 Å². The molecule has 5 heteroatoms. The number of hydrogen-bond donors (Lipinski definition) is 1. The second-order valence-electron chi connectivity index (χ2n) is 4.87. The molecule has 0 spiro atoms. The van der Waals surface area contributed by atoms with E-state index >= 15 is 0 Å². The first-order chi connectivity index (χ1) is 7.21. The van der Waals surface area contributed by atoms with E-state index in [4.69, 9.17) is 0 Å². The highest BCUT2D eigenvalue weighted by atomic mass is 16.2. The van der Waals surface area contributed by atoms with Crippen LogP contribution in [0.25, 0.3) is 0 Å². The summed E-state index contributed by atoms with van der Waals surface area (Å²) >= 11 is 0. The molecule has 1 rings (SSSR count). The molecule has 0 aliphatic carbocycles. The van der Waals surface area contributed by atoms with Crippen molar-refractivity contribution in [3.8, 4) is 0 Å². The van der Waals surface area contributed by atoms with Gasteiger partial charge in [0, 0.05) is 17.2 Å². The van der Waals surface area contributed by atoms with Gasteiger partial charge >= 0.3 is 5.69 Å². The standard InChI is InChI=1S/C11H16N2O3/c1-7-5-13(10(16)12-9(7)15)6-8(14)11(2,3)4/h5H,6H2,1-4H3,(H,12,15,16). The summed E-state index contributed by atoms with van der Waals surface area (Å²) in [6.07, 6.45) is 1.41. The fourth-order valence-corrected chi connectivity index (χ4v) is 1.13. The van der Waals surface area contributed by atoms with Crippen molar-refractivity contribution in [2.75, 3.05) is 0 Å². The number of aromatic amines is 1. The summed E-state index contributed by atoms with van der Waals surface area (Å²) in [7, 11) is 0. The number of H-pyrrole nitrogens is 1. The molecule has 16 heavy (non-hydrogen) atoms. The molecule has 0 radical (unpaired) electrons. The van der Waals surface area contributed by atoms with E-state index in [0.29, 0.717) is 5.56 Å². The Hall–Kier alpha value is -1.65. The van der Waals surface area contributed by atoms with Crippen molar-refractivity contribution in [1.82, 2.24) is 9.55 Å². The molecule has 1 aromatic rings. The number of carbonyl (C=O) groups excluding carboxylic acids is 1. The number of aryl methyl sites for hydroxylation is 1. The first kappa shape index (κ1) is 12.4. The summed E-state index contributed by atoms with van der Waals surface area (Å²) in [6.45, 7) is 6.95. The number of hydrogen-bond acceptors (Lipinski definition) is 3. The van der Waals surface area contributed by atoms with Crippen molar-refractivity contribution >= 4 is 5.78 Å². The summed E-state index contributed by atoms with van der Waals surface area (Å²) < 4.78 is 1.23. The van der Waals surface area contributed by atoms with Crippen LogP contribution < -0.4 is 11.2 Å². The van der Waals surface area contributed by atoms with Gasteiger partial charge < -0.3 is 0 Å². The molecule has 0 aliphatic heterocycles. The van der Waals surface area contributed by atoms with Crippen molar-refractivity contribution in [1.29, 1.82) is 0 Å². The molecule has 0 atom stereocenters. The lowest BCUT2D eigenvalue weighted by atomic mass is 9.91. The lowest BCUT2D eigenvalue weighted by molar-refractivity contribution is -0.126. The summed E-state index contributed by atoms with van der Waals surface area (Å²) in [5.41, 5.74) is -1.04. The van der Waals surface area contributed by atoms with Gasteiger partial charge in [-0.1, -0.05) is 20.8 Å². The van der Waals surface area contributed by atoms with Crippen LogP contribution in [0.2, 0.25) is 0 Å². The van der Waals surface area contributed by atoms with Crippen LogP contribution in [0, 0.1) is 12.3 Å². The Morgan fingerprint density at radius 1 is 1.38 bits per heavy atom. The van der Waals surface area contributed by atoms with E-state index in [9.17, 15) is 14.4 Å². The molecular formula is C11H16N2O3. The molecule has 0 fully saturated rings. The highest BCUT2D eigenvalue weighted by Gasteiger charge is 2.21. The number of Topliss-reactive ketones (excluding diaryl/α,β-unsaturated/α-hetero) is 1. The van der Waals surface area contributed by atoms with E-state index in [2.05, 4.69) is 4.98 Å².